The van der Waals surface area contributed by atoms with Crippen LogP contribution in [0.5, 0.6) is 5.75 Å². The molecule has 0 aliphatic heterocycles. The number of carbonyl (C=O) groups is 1. The zero-order chi connectivity index (χ0) is 31.2. The van der Waals surface area contributed by atoms with Gasteiger partial charge < -0.3 is 9.47 Å². The topological polar surface area (TPSA) is 35.5 Å². The summed E-state index contributed by atoms with van der Waals surface area (Å²) in [5.41, 5.74) is 5.21. The molecule has 0 radical (unpaired) electrons. The number of ether oxygens (including phenoxy) is 2. The van der Waals surface area contributed by atoms with E-state index in [1.54, 1.807) is 0 Å². The molecule has 3 heteroatoms. The van der Waals surface area contributed by atoms with Crippen molar-refractivity contribution in [3.05, 3.63) is 89.5 Å². The number of hydrogen-bond acceptors (Lipinski definition) is 3. The maximum Gasteiger partial charge on any atom is 0.343 e. The Hall–Kier alpha value is -2.91. The standard InChI is InChI=1S/C41H58O3/c1-4-6-8-9-10-11-12-13-14-15-16-17-18-19-33-43-34(3)36-23-25-37(26-24-36)38-27-29-39(30-28-38)41(42)44-40-31-21-35(22-32-40)20-7-5-2/h21-32,34H,4-20,33H2,1-3H3. The van der Waals surface area contributed by atoms with Crippen molar-refractivity contribution in [2.75, 3.05) is 6.61 Å². The number of rotatable bonds is 23. The number of esters is 1. The molecule has 240 valence electrons. The minimum atomic E-state index is -0.335. The van der Waals surface area contributed by atoms with E-state index < -0.39 is 0 Å². The largest absolute Gasteiger partial charge is 0.423 e. The highest BCUT2D eigenvalue weighted by Gasteiger charge is 2.10. The second kappa shape index (κ2) is 21.7. The van der Waals surface area contributed by atoms with Crippen LogP contribution in [0.2, 0.25) is 0 Å². The van der Waals surface area contributed by atoms with Gasteiger partial charge in [-0.1, -0.05) is 152 Å². The van der Waals surface area contributed by atoms with Gasteiger partial charge in [-0.2, -0.15) is 0 Å². The van der Waals surface area contributed by atoms with Gasteiger partial charge in [0.05, 0.1) is 11.7 Å². The first kappa shape index (κ1) is 35.6. The Kier molecular flexibility index (Phi) is 17.6. The molecule has 1 unspecified atom stereocenters. The van der Waals surface area contributed by atoms with E-state index in [0.29, 0.717) is 11.3 Å². The van der Waals surface area contributed by atoms with Crippen LogP contribution in [-0.4, -0.2) is 12.6 Å². The summed E-state index contributed by atoms with van der Waals surface area (Å²) in [5, 5.41) is 0. The molecule has 0 spiro atoms. The van der Waals surface area contributed by atoms with E-state index in [1.165, 1.54) is 107 Å². The van der Waals surface area contributed by atoms with E-state index >= 15 is 0 Å². The van der Waals surface area contributed by atoms with E-state index in [-0.39, 0.29) is 12.1 Å². The molecule has 3 rings (SSSR count). The highest BCUT2D eigenvalue weighted by molar-refractivity contribution is 5.91. The van der Waals surface area contributed by atoms with Gasteiger partial charge in [-0.15, -0.1) is 0 Å². The van der Waals surface area contributed by atoms with Gasteiger partial charge in [0, 0.05) is 6.61 Å². The van der Waals surface area contributed by atoms with Crippen molar-refractivity contribution in [1.82, 2.24) is 0 Å². The summed E-state index contributed by atoms with van der Waals surface area (Å²) >= 11 is 0. The summed E-state index contributed by atoms with van der Waals surface area (Å²) < 4.78 is 11.7. The Morgan fingerprint density at radius 2 is 1.05 bits per heavy atom. The first-order valence-electron chi connectivity index (χ1n) is 17.7. The summed E-state index contributed by atoms with van der Waals surface area (Å²) in [5.74, 6) is 0.244. The van der Waals surface area contributed by atoms with Crippen molar-refractivity contribution >= 4 is 5.97 Å². The van der Waals surface area contributed by atoms with Crippen molar-refractivity contribution in [3.8, 4) is 16.9 Å². The zero-order valence-electron chi connectivity index (χ0n) is 28.0. The average molecular weight is 599 g/mol. The van der Waals surface area contributed by atoms with Crippen LogP contribution in [-0.2, 0) is 11.2 Å². The Morgan fingerprint density at radius 3 is 1.57 bits per heavy atom. The molecule has 0 aliphatic carbocycles. The Bertz CT molecular complexity index is 1150. The molecule has 3 aromatic rings. The van der Waals surface area contributed by atoms with E-state index in [2.05, 4.69) is 45.0 Å². The van der Waals surface area contributed by atoms with Crippen LogP contribution in [0.25, 0.3) is 11.1 Å². The number of aryl methyl sites for hydroxylation is 1. The SMILES string of the molecule is CCCCCCCCCCCCCCCCOC(C)c1ccc(-c2ccc(C(=O)Oc3ccc(CCCC)cc3)cc2)cc1. The van der Waals surface area contributed by atoms with E-state index in [4.69, 9.17) is 9.47 Å². The van der Waals surface area contributed by atoms with Gasteiger partial charge in [-0.3, -0.25) is 0 Å². The molecule has 0 bridgehead atoms. The molecule has 3 aromatic carbocycles. The second-order valence-electron chi connectivity index (χ2n) is 12.4. The van der Waals surface area contributed by atoms with Crippen LogP contribution in [0, 0.1) is 0 Å². The molecule has 0 heterocycles. The third kappa shape index (κ3) is 13.8. The highest BCUT2D eigenvalue weighted by Crippen LogP contribution is 2.25. The summed E-state index contributed by atoms with van der Waals surface area (Å²) in [6.45, 7) is 7.43. The highest BCUT2D eigenvalue weighted by atomic mass is 16.5. The molecular weight excluding hydrogens is 540 g/mol. The van der Waals surface area contributed by atoms with E-state index in [0.717, 1.165) is 30.6 Å². The molecule has 44 heavy (non-hydrogen) atoms. The lowest BCUT2D eigenvalue weighted by Crippen LogP contribution is -2.08. The molecule has 0 amide bonds. The molecule has 3 nitrogen and oxygen atoms in total. The van der Waals surface area contributed by atoms with Gasteiger partial charge in [-0.25, -0.2) is 4.79 Å². The Balaban J connectivity index is 1.28. The quantitative estimate of drug-likeness (QED) is 0.0619. The number of benzene rings is 3. The van der Waals surface area contributed by atoms with Gasteiger partial charge in [-0.05, 0) is 72.7 Å². The summed E-state index contributed by atoms with van der Waals surface area (Å²) in [6, 6.07) is 24.0. The van der Waals surface area contributed by atoms with Gasteiger partial charge in [0.25, 0.3) is 0 Å². The predicted octanol–water partition coefficient (Wildman–Crippen LogP) is 12.5. The van der Waals surface area contributed by atoms with Gasteiger partial charge >= 0.3 is 5.97 Å². The minimum Gasteiger partial charge on any atom is -0.423 e. The Morgan fingerprint density at radius 1 is 0.568 bits per heavy atom. The summed E-state index contributed by atoms with van der Waals surface area (Å²) in [4.78, 5) is 12.7. The summed E-state index contributed by atoms with van der Waals surface area (Å²) in [7, 11) is 0. The van der Waals surface area contributed by atoms with Crippen LogP contribution in [0.1, 0.15) is 151 Å². The lowest BCUT2D eigenvalue weighted by molar-refractivity contribution is 0.0627. The molecule has 0 N–H and O–H groups in total. The van der Waals surface area contributed by atoms with Crippen molar-refractivity contribution in [3.63, 3.8) is 0 Å². The average Bonchev–Trinajstić information content (AvgIpc) is 3.06. The van der Waals surface area contributed by atoms with Crippen molar-refractivity contribution in [2.24, 2.45) is 0 Å². The van der Waals surface area contributed by atoms with E-state index in [1.807, 2.05) is 48.5 Å². The lowest BCUT2D eigenvalue weighted by atomic mass is 10.0. The van der Waals surface area contributed by atoms with Crippen molar-refractivity contribution < 1.29 is 14.3 Å². The normalized spacial score (nSPS) is 11.9. The van der Waals surface area contributed by atoms with Gasteiger partial charge in [0.15, 0.2) is 0 Å². The Labute approximate surface area is 268 Å². The number of carbonyl (C=O) groups excluding carboxylic acids is 1. The zero-order valence-corrected chi connectivity index (χ0v) is 28.0. The van der Waals surface area contributed by atoms with Gasteiger partial charge in [0.2, 0.25) is 0 Å². The predicted molar refractivity (Wildman–Crippen MR) is 187 cm³/mol. The second-order valence-corrected chi connectivity index (χ2v) is 12.4. The lowest BCUT2D eigenvalue weighted by Gasteiger charge is -2.14. The van der Waals surface area contributed by atoms with E-state index in [9.17, 15) is 4.79 Å². The molecular formula is C41H58O3. The fourth-order valence-corrected chi connectivity index (χ4v) is 5.67. The van der Waals surface area contributed by atoms with Crippen LogP contribution >= 0.6 is 0 Å². The molecule has 0 saturated carbocycles. The molecule has 0 saturated heterocycles. The minimum absolute atomic E-state index is 0.0869. The maximum atomic E-state index is 12.7. The maximum absolute atomic E-state index is 12.7. The molecule has 0 aromatic heterocycles. The van der Waals surface area contributed by atoms with Gasteiger partial charge in [0.1, 0.15) is 5.75 Å². The molecule has 0 aliphatic rings. The molecule has 0 fully saturated rings. The fraction of sp³-hybridized carbons (Fsp3) is 0.537. The number of hydrogen-bond donors (Lipinski definition) is 0. The summed E-state index contributed by atoms with van der Waals surface area (Å²) in [6.07, 6.45) is 22.7. The third-order valence-corrected chi connectivity index (χ3v) is 8.65. The first-order valence-corrected chi connectivity index (χ1v) is 17.7. The smallest absolute Gasteiger partial charge is 0.343 e. The first-order chi connectivity index (χ1) is 21.6. The van der Waals surface area contributed by atoms with Crippen LogP contribution in [0.4, 0.5) is 0 Å². The number of unbranched alkanes of at least 4 members (excludes halogenated alkanes) is 14. The van der Waals surface area contributed by atoms with Crippen LogP contribution in [0.3, 0.4) is 0 Å². The van der Waals surface area contributed by atoms with Crippen molar-refractivity contribution in [1.29, 1.82) is 0 Å². The molecule has 1 atom stereocenters. The van der Waals surface area contributed by atoms with Crippen LogP contribution < -0.4 is 4.74 Å². The van der Waals surface area contributed by atoms with Crippen molar-refractivity contribution in [2.45, 2.75) is 136 Å². The monoisotopic (exact) mass is 598 g/mol. The fourth-order valence-electron chi connectivity index (χ4n) is 5.67. The van der Waals surface area contributed by atoms with Crippen LogP contribution in [0.15, 0.2) is 72.8 Å². The third-order valence-electron chi connectivity index (χ3n) is 8.65.